The zero-order valence-electron chi connectivity index (χ0n) is 12.6. The lowest BCUT2D eigenvalue weighted by Crippen LogP contribution is -2.13. The second kappa shape index (κ2) is 8.07. The van der Waals surface area contributed by atoms with Gasteiger partial charge in [-0.3, -0.25) is 14.8 Å². The highest BCUT2D eigenvalue weighted by atomic mass is 32.2. The van der Waals surface area contributed by atoms with Crippen LogP contribution in [0.1, 0.15) is 0 Å². The third-order valence-electron chi connectivity index (χ3n) is 2.90. The number of nitrogens with one attached hydrogen (secondary N) is 1. The van der Waals surface area contributed by atoms with Crippen molar-refractivity contribution >= 4 is 23.4 Å². The van der Waals surface area contributed by atoms with E-state index in [2.05, 4.69) is 20.3 Å². The van der Waals surface area contributed by atoms with Crippen molar-refractivity contribution in [2.45, 2.75) is 4.90 Å². The van der Waals surface area contributed by atoms with Gasteiger partial charge in [-0.1, -0.05) is 6.07 Å². The average Bonchev–Trinajstić information content (AvgIpc) is 2.62. The first kappa shape index (κ1) is 15.9. The van der Waals surface area contributed by atoms with Crippen LogP contribution in [-0.4, -0.2) is 26.6 Å². The normalized spacial score (nSPS) is 10.2. The Balaban J connectivity index is 1.57. The van der Waals surface area contributed by atoms with Crippen molar-refractivity contribution in [1.29, 1.82) is 0 Å². The number of amides is 1. The van der Waals surface area contributed by atoms with Crippen LogP contribution in [0.15, 0.2) is 72.3 Å². The average molecular weight is 338 g/mol. The van der Waals surface area contributed by atoms with E-state index in [9.17, 15) is 4.79 Å². The van der Waals surface area contributed by atoms with Crippen LogP contribution in [0.3, 0.4) is 0 Å². The predicted octanol–water partition coefficient (Wildman–Crippen LogP) is 3.39. The molecule has 1 amide bonds. The molecule has 3 aromatic rings. The smallest absolute Gasteiger partial charge is 0.237 e. The number of benzene rings is 1. The lowest BCUT2D eigenvalue weighted by Gasteiger charge is -2.08. The van der Waals surface area contributed by atoms with E-state index >= 15 is 0 Å². The molecule has 0 aliphatic rings. The fourth-order valence-corrected chi connectivity index (χ4v) is 2.56. The molecule has 0 aliphatic carbocycles. The Bertz CT molecular complexity index is 800. The summed E-state index contributed by atoms with van der Waals surface area (Å²) in [6, 6.07) is 10.9. The minimum Gasteiger partial charge on any atom is -0.437 e. The van der Waals surface area contributed by atoms with Gasteiger partial charge < -0.3 is 10.1 Å². The highest BCUT2D eigenvalue weighted by Gasteiger charge is 2.05. The summed E-state index contributed by atoms with van der Waals surface area (Å²) in [4.78, 5) is 25.0. The van der Waals surface area contributed by atoms with E-state index in [0.29, 0.717) is 23.1 Å². The molecule has 2 aromatic heterocycles. The molecule has 3 rings (SSSR count). The number of carbonyl (C=O) groups excluding carboxylic acids is 1. The molecule has 0 radical (unpaired) electrons. The number of ether oxygens (including phenoxy) is 1. The molecule has 0 saturated heterocycles. The summed E-state index contributed by atoms with van der Waals surface area (Å²) in [5, 5.41) is 2.85. The molecule has 24 heavy (non-hydrogen) atoms. The topological polar surface area (TPSA) is 77.0 Å². The number of aromatic nitrogens is 3. The van der Waals surface area contributed by atoms with Crippen molar-refractivity contribution in [2.75, 3.05) is 11.1 Å². The Morgan fingerprint density at radius 3 is 2.75 bits per heavy atom. The largest absolute Gasteiger partial charge is 0.437 e. The quantitative estimate of drug-likeness (QED) is 0.694. The van der Waals surface area contributed by atoms with Gasteiger partial charge in [0.1, 0.15) is 5.75 Å². The maximum atomic E-state index is 12.0. The Morgan fingerprint density at radius 1 is 1.08 bits per heavy atom. The van der Waals surface area contributed by atoms with E-state index in [-0.39, 0.29) is 5.91 Å². The van der Waals surface area contributed by atoms with Crippen molar-refractivity contribution in [3.05, 3.63) is 67.4 Å². The third kappa shape index (κ3) is 4.79. The molecule has 2 heterocycles. The highest BCUT2D eigenvalue weighted by Crippen LogP contribution is 2.22. The first-order chi connectivity index (χ1) is 11.8. The molecule has 0 fully saturated rings. The molecule has 7 heteroatoms. The van der Waals surface area contributed by atoms with Gasteiger partial charge in [0.15, 0.2) is 0 Å². The Hall–Kier alpha value is -2.93. The van der Waals surface area contributed by atoms with Crippen LogP contribution in [0.25, 0.3) is 0 Å². The number of pyridine rings is 1. The maximum absolute atomic E-state index is 12.0. The van der Waals surface area contributed by atoms with Gasteiger partial charge in [0, 0.05) is 41.4 Å². The van der Waals surface area contributed by atoms with Gasteiger partial charge in [-0.05, 0) is 24.3 Å². The van der Waals surface area contributed by atoms with Crippen LogP contribution >= 0.6 is 11.8 Å². The molecule has 6 nitrogen and oxygen atoms in total. The van der Waals surface area contributed by atoms with Crippen LogP contribution < -0.4 is 10.1 Å². The molecule has 0 saturated carbocycles. The molecule has 1 N–H and O–H groups in total. The fourth-order valence-electron chi connectivity index (χ4n) is 1.88. The van der Waals surface area contributed by atoms with Crippen LogP contribution in [-0.2, 0) is 4.79 Å². The summed E-state index contributed by atoms with van der Waals surface area (Å²) < 4.78 is 5.59. The molecule has 0 aliphatic heterocycles. The Kier molecular flexibility index (Phi) is 5.36. The predicted molar refractivity (Wildman–Crippen MR) is 92.1 cm³/mol. The highest BCUT2D eigenvalue weighted by molar-refractivity contribution is 8.00. The number of hydrogen-bond acceptors (Lipinski definition) is 6. The van der Waals surface area contributed by atoms with Crippen LogP contribution in [0.5, 0.6) is 11.6 Å². The second-order valence-corrected chi connectivity index (χ2v) is 5.74. The van der Waals surface area contributed by atoms with Gasteiger partial charge in [0.25, 0.3) is 0 Å². The van der Waals surface area contributed by atoms with Crippen molar-refractivity contribution in [2.24, 2.45) is 0 Å². The van der Waals surface area contributed by atoms with E-state index in [1.165, 1.54) is 18.0 Å². The number of nitrogens with zero attached hydrogens (tertiary/aromatic N) is 3. The van der Waals surface area contributed by atoms with E-state index in [1.807, 2.05) is 12.1 Å². The Labute approximate surface area is 143 Å². The van der Waals surface area contributed by atoms with E-state index < -0.39 is 0 Å². The van der Waals surface area contributed by atoms with Gasteiger partial charge in [0.05, 0.1) is 11.9 Å². The SMILES string of the molecule is O=C(CSc1ccncc1)Nc1cccc(Oc2cnccn2)c1. The van der Waals surface area contributed by atoms with Crippen molar-refractivity contribution < 1.29 is 9.53 Å². The van der Waals surface area contributed by atoms with Crippen molar-refractivity contribution in [3.63, 3.8) is 0 Å². The standard InChI is InChI=1S/C17H14N4O2S/c22-16(12-24-15-4-6-18-7-5-15)21-13-2-1-3-14(10-13)23-17-11-19-8-9-20-17/h1-11H,12H2,(H,21,22). The molecular formula is C17H14N4O2S. The summed E-state index contributed by atoms with van der Waals surface area (Å²) in [7, 11) is 0. The van der Waals surface area contributed by atoms with Crippen LogP contribution in [0.2, 0.25) is 0 Å². The van der Waals surface area contributed by atoms with E-state index in [4.69, 9.17) is 4.74 Å². The number of thioether (sulfide) groups is 1. The maximum Gasteiger partial charge on any atom is 0.237 e. The van der Waals surface area contributed by atoms with Crippen molar-refractivity contribution in [1.82, 2.24) is 15.0 Å². The molecule has 0 unspecified atom stereocenters. The summed E-state index contributed by atoms with van der Waals surface area (Å²) in [5.41, 5.74) is 0.664. The van der Waals surface area contributed by atoms with Gasteiger partial charge >= 0.3 is 0 Å². The number of hydrogen-bond donors (Lipinski definition) is 1. The lowest BCUT2D eigenvalue weighted by atomic mass is 10.3. The number of anilines is 1. The van der Waals surface area contributed by atoms with Gasteiger partial charge in [-0.2, -0.15) is 0 Å². The van der Waals surface area contributed by atoms with Gasteiger partial charge in [0.2, 0.25) is 11.8 Å². The van der Waals surface area contributed by atoms with Crippen LogP contribution in [0, 0.1) is 0 Å². The minimum atomic E-state index is -0.0894. The first-order valence-corrected chi connectivity index (χ1v) is 8.15. The molecule has 1 aromatic carbocycles. The molecule has 0 spiro atoms. The second-order valence-electron chi connectivity index (χ2n) is 4.69. The van der Waals surface area contributed by atoms with Gasteiger partial charge in [-0.15, -0.1) is 11.8 Å². The zero-order valence-corrected chi connectivity index (χ0v) is 13.4. The summed E-state index contributed by atoms with van der Waals surface area (Å²) in [6.07, 6.45) is 8.05. The molecule has 0 bridgehead atoms. The minimum absolute atomic E-state index is 0.0894. The number of rotatable bonds is 6. The molecular weight excluding hydrogens is 324 g/mol. The number of carbonyl (C=O) groups is 1. The summed E-state index contributed by atoms with van der Waals surface area (Å²) in [5.74, 6) is 1.21. The van der Waals surface area contributed by atoms with Crippen molar-refractivity contribution in [3.8, 4) is 11.6 Å². The van der Waals surface area contributed by atoms with Gasteiger partial charge in [-0.25, -0.2) is 4.98 Å². The van der Waals surface area contributed by atoms with Crippen LogP contribution in [0.4, 0.5) is 5.69 Å². The molecule has 120 valence electrons. The monoisotopic (exact) mass is 338 g/mol. The zero-order chi connectivity index (χ0) is 16.6. The fraction of sp³-hybridized carbons (Fsp3) is 0.0588. The lowest BCUT2D eigenvalue weighted by molar-refractivity contribution is -0.113. The summed E-state index contributed by atoms with van der Waals surface area (Å²) >= 11 is 1.45. The summed E-state index contributed by atoms with van der Waals surface area (Å²) in [6.45, 7) is 0. The van der Waals surface area contributed by atoms with E-state index in [0.717, 1.165) is 4.90 Å². The Morgan fingerprint density at radius 2 is 1.96 bits per heavy atom. The van der Waals surface area contributed by atoms with E-state index in [1.54, 1.807) is 49.1 Å². The molecule has 0 atom stereocenters. The first-order valence-electron chi connectivity index (χ1n) is 7.16. The third-order valence-corrected chi connectivity index (χ3v) is 3.91.